The highest BCUT2D eigenvalue weighted by atomic mass is 16.5. The molecule has 0 aromatic heterocycles. The molecular weight excluding hydrogens is 390 g/mol. The fourth-order valence-electron chi connectivity index (χ4n) is 5.06. The number of hydrogen-bond acceptors (Lipinski definition) is 6. The van der Waals surface area contributed by atoms with Crippen LogP contribution >= 0.6 is 0 Å². The summed E-state index contributed by atoms with van der Waals surface area (Å²) in [4.78, 5) is 2.48. The first kappa shape index (κ1) is 20.2. The Kier molecular flexibility index (Phi) is 5.26. The standard InChI is InChI=1S/C25H31N3O3/c1-4-27-15-13-25(14-16-27)28-22(20-7-6-8-23(29-3)24(20)31-25)17-21(26-28)18-9-11-19(12-10-18)30-5-2/h6-12,22H,4-5,13-17H2,1-3H3/t22-/m0/s1. The molecule has 5 rings (SSSR count). The number of piperidine rings is 1. The van der Waals surface area contributed by atoms with E-state index in [-0.39, 0.29) is 6.04 Å². The SMILES string of the molecule is CCOc1ccc(C2=NN3[C@@H](C2)c2cccc(OC)c2OC32CCN(CC)CC2)cc1. The highest BCUT2D eigenvalue weighted by Gasteiger charge is 2.52. The first-order valence-electron chi connectivity index (χ1n) is 11.4. The van der Waals surface area contributed by atoms with Gasteiger partial charge in [-0.2, -0.15) is 5.10 Å². The highest BCUT2D eigenvalue weighted by molar-refractivity contribution is 6.02. The van der Waals surface area contributed by atoms with Gasteiger partial charge < -0.3 is 19.1 Å². The van der Waals surface area contributed by atoms with E-state index in [4.69, 9.17) is 19.3 Å². The van der Waals surface area contributed by atoms with E-state index in [1.807, 2.05) is 31.2 Å². The third kappa shape index (κ3) is 3.43. The van der Waals surface area contributed by atoms with Gasteiger partial charge in [0.15, 0.2) is 11.5 Å². The topological polar surface area (TPSA) is 46.5 Å². The maximum absolute atomic E-state index is 6.77. The van der Waals surface area contributed by atoms with Gasteiger partial charge in [-0.15, -0.1) is 0 Å². The molecule has 2 aromatic rings. The van der Waals surface area contributed by atoms with Crippen LogP contribution in [0, 0.1) is 0 Å². The van der Waals surface area contributed by atoms with Crippen LogP contribution in [0.2, 0.25) is 0 Å². The smallest absolute Gasteiger partial charge is 0.200 e. The van der Waals surface area contributed by atoms with Gasteiger partial charge in [0.25, 0.3) is 0 Å². The summed E-state index contributed by atoms with van der Waals surface area (Å²) in [6.07, 6.45) is 2.71. The first-order valence-corrected chi connectivity index (χ1v) is 11.4. The number of nitrogens with zero attached hydrogens (tertiary/aromatic N) is 3. The summed E-state index contributed by atoms with van der Waals surface area (Å²) in [5.41, 5.74) is 2.98. The van der Waals surface area contributed by atoms with Gasteiger partial charge in [0.1, 0.15) is 5.75 Å². The van der Waals surface area contributed by atoms with Crippen molar-refractivity contribution in [2.45, 2.75) is 44.9 Å². The lowest BCUT2D eigenvalue weighted by Gasteiger charge is -2.51. The van der Waals surface area contributed by atoms with Crippen LogP contribution in [0.25, 0.3) is 0 Å². The van der Waals surface area contributed by atoms with Crippen LogP contribution in [-0.2, 0) is 0 Å². The zero-order chi connectivity index (χ0) is 21.4. The molecule has 0 N–H and O–H groups in total. The van der Waals surface area contributed by atoms with Gasteiger partial charge in [0.2, 0.25) is 5.72 Å². The Hall–Kier alpha value is -2.73. The molecule has 3 aliphatic rings. The number of hydrogen-bond donors (Lipinski definition) is 0. The van der Waals surface area contributed by atoms with Crippen LogP contribution in [0.5, 0.6) is 17.2 Å². The lowest BCUT2D eigenvalue weighted by atomic mass is 9.90. The Bertz CT molecular complexity index is 964. The van der Waals surface area contributed by atoms with Gasteiger partial charge in [-0.3, -0.25) is 0 Å². The minimum absolute atomic E-state index is 0.161. The van der Waals surface area contributed by atoms with Crippen LogP contribution in [0.15, 0.2) is 47.6 Å². The lowest BCUT2D eigenvalue weighted by molar-refractivity contribution is -0.150. The largest absolute Gasteiger partial charge is 0.494 e. The van der Waals surface area contributed by atoms with E-state index < -0.39 is 5.72 Å². The Balaban J connectivity index is 1.53. The van der Waals surface area contributed by atoms with Crippen LogP contribution in [0.3, 0.4) is 0 Å². The number of para-hydroxylation sites is 1. The molecular formula is C25H31N3O3. The maximum atomic E-state index is 6.77. The summed E-state index contributed by atoms with van der Waals surface area (Å²) >= 11 is 0. The third-order valence-electron chi connectivity index (χ3n) is 6.79. The predicted molar refractivity (Wildman–Crippen MR) is 121 cm³/mol. The van der Waals surface area contributed by atoms with Crippen molar-refractivity contribution < 1.29 is 14.2 Å². The Morgan fingerprint density at radius 1 is 1.10 bits per heavy atom. The normalized spacial score (nSPS) is 21.8. The molecule has 0 amide bonds. The number of benzene rings is 2. The monoisotopic (exact) mass is 421 g/mol. The molecule has 0 bridgehead atoms. The molecule has 0 aliphatic carbocycles. The predicted octanol–water partition coefficient (Wildman–Crippen LogP) is 4.45. The summed E-state index contributed by atoms with van der Waals surface area (Å²) in [5, 5.41) is 7.42. The summed E-state index contributed by atoms with van der Waals surface area (Å²) < 4.78 is 18.1. The molecule has 3 heterocycles. The third-order valence-corrected chi connectivity index (χ3v) is 6.79. The van der Waals surface area contributed by atoms with E-state index in [0.29, 0.717) is 6.61 Å². The maximum Gasteiger partial charge on any atom is 0.200 e. The molecule has 3 aliphatic heterocycles. The second-order valence-corrected chi connectivity index (χ2v) is 8.43. The van der Waals surface area contributed by atoms with Gasteiger partial charge in [-0.25, -0.2) is 5.01 Å². The molecule has 1 fully saturated rings. The average molecular weight is 422 g/mol. The summed E-state index contributed by atoms with van der Waals surface area (Å²) in [7, 11) is 1.72. The second kappa shape index (κ2) is 8.08. The Labute approximate surface area is 184 Å². The zero-order valence-electron chi connectivity index (χ0n) is 18.6. The number of fused-ring (bicyclic) bond motifs is 4. The first-order chi connectivity index (χ1) is 15.2. The van der Waals surface area contributed by atoms with Gasteiger partial charge in [0, 0.05) is 37.9 Å². The van der Waals surface area contributed by atoms with Crippen molar-refractivity contribution in [3.05, 3.63) is 53.6 Å². The van der Waals surface area contributed by atoms with Crippen LogP contribution < -0.4 is 14.2 Å². The van der Waals surface area contributed by atoms with Gasteiger partial charge in [-0.1, -0.05) is 19.1 Å². The average Bonchev–Trinajstić information content (AvgIpc) is 3.27. The van der Waals surface area contributed by atoms with Crippen molar-refractivity contribution in [1.29, 1.82) is 0 Å². The summed E-state index contributed by atoms with van der Waals surface area (Å²) in [6, 6.07) is 14.6. The van der Waals surface area contributed by atoms with E-state index in [1.54, 1.807) is 7.11 Å². The number of rotatable bonds is 5. The van der Waals surface area contributed by atoms with Crippen LogP contribution in [-0.4, -0.2) is 54.7 Å². The van der Waals surface area contributed by atoms with Gasteiger partial charge in [0.05, 0.1) is 25.5 Å². The molecule has 1 saturated heterocycles. The highest BCUT2D eigenvalue weighted by Crippen LogP contribution is 2.52. The van der Waals surface area contributed by atoms with E-state index >= 15 is 0 Å². The molecule has 2 aromatic carbocycles. The van der Waals surface area contributed by atoms with Crippen molar-refractivity contribution >= 4 is 5.71 Å². The van der Waals surface area contributed by atoms with Crippen molar-refractivity contribution in [3.8, 4) is 17.2 Å². The zero-order valence-corrected chi connectivity index (χ0v) is 18.6. The molecule has 0 unspecified atom stereocenters. The minimum atomic E-state index is -0.426. The molecule has 6 heteroatoms. The van der Waals surface area contributed by atoms with Crippen molar-refractivity contribution in [1.82, 2.24) is 9.91 Å². The van der Waals surface area contributed by atoms with Crippen molar-refractivity contribution in [2.75, 3.05) is 33.4 Å². The Morgan fingerprint density at radius 2 is 1.87 bits per heavy atom. The lowest BCUT2D eigenvalue weighted by Crippen LogP contribution is -2.59. The van der Waals surface area contributed by atoms with Crippen LogP contribution in [0.4, 0.5) is 0 Å². The van der Waals surface area contributed by atoms with Gasteiger partial charge >= 0.3 is 0 Å². The van der Waals surface area contributed by atoms with E-state index in [2.05, 4.69) is 35.0 Å². The fourth-order valence-corrected chi connectivity index (χ4v) is 5.06. The Morgan fingerprint density at radius 3 is 2.55 bits per heavy atom. The van der Waals surface area contributed by atoms with Crippen LogP contribution in [0.1, 0.15) is 50.3 Å². The number of ether oxygens (including phenoxy) is 3. The number of likely N-dealkylation sites (tertiary alicyclic amines) is 1. The van der Waals surface area contributed by atoms with Crippen molar-refractivity contribution in [2.24, 2.45) is 5.10 Å². The van der Waals surface area contributed by atoms with E-state index in [0.717, 1.165) is 73.0 Å². The molecule has 1 spiro atoms. The number of methoxy groups -OCH3 is 1. The van der Waals surface area contributed by atoms with Gasteiger partial charge in [-0.05, 0) is 49.4 Å². The number of hydrazone groups is 1. The second-order valence-electron chi connectivity index (χ2n) is 8.43. The molecule has 164 valence electrons. The molecule has 31 heavy (non-hydrogen) atoms. The molecule has 0 radical (unpaired) electrons. The fraction of sp³-hybridized carbons (Fsp3) is 0.480. The summed E-state index contributed by atoms with van der Waals surface area (Å²) in [5.74, 6) is 2.59. The molecule has 6 nitrogen and oxygen atoms in total. The molecule has 0 saturated carbocycles. The van der Waals surface area contributed by atoms with E-state index in [1.165, 1.54) is 0 Å². The quantitative estimate of drug-likeness (QED) is 0.714. The summed E-state index contributed by atoms with van der Waals surface area (Å²) in [6.45, 7) is 7.99. The molecule has 1 atom stereocenters. The minimum Gasteiger partial charge on any atom is -0.494 e. The van der Waals surface area contributed by atoms with Crippen molar-refractivity contribution in [3.63, 3.8) is 0 Å². The van der Waals surface area contributed by atoms with E-state index in [9.17, 15) is 0 Å².